The van der Waals surface area contributed by atoms with Gasteiger partial charge in [0.2, 0.25) is 0 Å². The van der Waals surface area contributed by atoms with Gasteiger partial charge in [-0.25, -0.2) is 0 Å². The van der Waals surface area contributed by atoms with Gasteiger partial charge in [-0.2, -0.15) is 0 Å². The fourth-order valence-corrected chi connectivity index (χ4v) is 5.61. The lowest BCUT2D eigenvalue weighted by molar-refractivity contribution is -0.141. The fourth-order valence-electron chi connectivity index (χ4n) is 5.61. The highest BCUT2D eigenvalue weighted by molar-refractivity contribution is 5.70. The highest BCUT2D eigenvalue weighted by Crippen LogP contribution is 2.41. The van der Waals surface area contributed by atoms with Crippen LogP contribution in [0, 0.1) is 5.92 Å². The third kappa shape index (κ3) is 5.41. The van der Waals surface area contributed by atoms with Gasteiger partial charge in [-0.3, -0.25) is 4.79 Å². The molecule has 1 N–H and O–H groups in total. The van der Waals surface area contributed by atoms with E-state index in [0.717, 1.165) is 18.0 Å². The molecule has 1 aliphatic rings. The second-order valence-electron chi connectivity index (χ2n) is 9.96. The van der Waals surface area contributed by atoms with Crippen LogP contribution in [0.1, 0.15) is 48.8 Å². The number of ether oxygens (including phenoxy) is 2. The second kappa shape index (κ2) is 11.6. The van der Waals surface area contributed by atoms with Crippen molar-refractivity contribution in [3.63, 3.8) is 0 Å². The molecule has 3 atom stereocenters. The predicted octanol–water partition coefficient (Wildman–Crippen LogP) is 5.61. The van der Waals surface area contributed by atoms with Gasteiger partial charge in [-0.1, -0.05) is 80.6 Å². The summed E-state index contributed by atoms with van der Waals surface area (Å²) in [5.41, 5.74) is 4.80. The van der Waals surface area contributed by atoms with Crippen molar-refractivity contribution in [2.75, 3.05) is 32.7 Å². The van der Waals surface area contributed by atoms with Crippen LogP contribution in [0.3, 0.4) is 0 Å². The Morgan fingerprint density at radius 1 is 0.944 bits per heavy atom. The first-order valence-electron chi connectivity index (χ1n) is 12.8. The summed E-state index contributed by atoms with van der Waals surface area (Å²) in [7, 11) is 5.31. The summed E-state index contributed by atoms with van der Waals surface area (Å²) in [6.45, 7) is 5.13. The zero-order valence-corrected chi connectivity index (χ0v) is 22.0. The average Bonchev–Trinajstić information content (AvgIpc) is 3.31. The Hall–Kier alpha value is -3.31. The number of likely N-dealkylation sites (N-methyl/N-ethyl adjacent to an activating group) is 1. The molecule has 3 aromatic carbocycles. The maximum Gasteiger partial charge on any atom is 0.305 e. The van der Waals surface area contributed by atoms with Gasteiger partial charge in [-0.05, 0) is 34.7 Å². The van der Waals surface area contributed by atoms with Crippen LogP contribution in [0.5, 0.6) is 5.75 Å². The average molecular weight is 487 g/mol. The van der Waals surface area contributed by atoms with E-state index in [0.29, 0.717) is 12.3 Å². The SMILES string of the molecule is COC(=O)CC1CNC(C(c2ccccc2)c2ccccc2)C1N(C)c1cc(C(C)C)ccc1OC. The Labute approximate surface area is 215 Å². The minimum Gasteiger partial charge on any atom is -0.495 e. The smallest absolute Gasteiger partial charge is 0.305 e. The van der Waals surface area contributed by atoms with Crippen LogP contribution < -0.4 is 15.0 Å². The number of rotatable bonds is 9. The molecule has 1 heterocycles. The molecule has 0 amide bonds. The van der Waals surface area contributed by atoms with Gasteiger partial charge in [0.15, 0.2) is 0 Å². The summed E-state index contributed by atoms with van der Waals surface area (Å²) in [6.07, 6.45) is 0.359. The lowest BCUT2D eigenvalue weighted by atomic mass is 9.79. The van der Waals surface area contributed by atoms with Crippen molar-refractivity contribution >= 4 is 11.7 Å². The number of nitrogens with one attached hydrogen (secondary N) is 1. The van der Waals surface area contributed by atoms with E-state index in [9.17, 15) is 4.79 Å². The minimum absolute atomic E-state index is 0.0332. The van der Waals surface area contributed by atoms with Crippen LogP contribution in [0.15, 0.2) is 78.9 Å². The molecule has 0 aromatic heterocycles. The Kier molecular flexibility index (Phi) is 8.32. The van der Waals surface area contributed by atoms with Crippen molar-refractivity contribution in [1.82, 2.24) is 5.32 Å². The van der Waals surface area contributed by atoms with E-state index in [4.69, 9.17) is 9.47 Å². The summed E-state index contributed by atoms with van der Waals surface area (Å²) in [4.78, 5) is 14.8. The fraction of sp³-hybridized carbons (Fsp3) is 0.387. The second-order valence-corrected chi connectivity index (χ2v) is 9.96. The van der Waals surface area contributed by atoms with Crippen molar-refractivity contribution in [3.8, 4) is 5.75 Å². The maximum atomic E-state index is 12.5. The maximum absolute atomic E-state index is 12.5. The van der Waals surface area contributed by atoms with E-state index in [-0.39, 0.29) is 29.9 Å². The van der Waals surface area contributed by atoms with Crippen LogP contribution in [-0.2, 0) is 9.53 Å². The molecule has 0 saturated carbocycles. The molecule has 1 saturated heterocycles. The molecule has 190 valence electrons. The van der Waals surface area contributed by atoms with Crippen molar-refractivity contribution in [2.24, 2.45) is 5.92 Å². The van der Waals surface area contributed by atoms with Crippen molar-refractivity contribution in [1.29, 1.82) is 0 Å². The molecule has 3 aromatic rings. The van der Waals surface area contributed by atoms with Crippen molar-refractivity contribution < 1.29 is 14.3 Å². The molecule has 1 fully saturated rings. The van der Waals surface area contributed by atoms with Crippen LogP contribution in [0.2, 0.25) is 0 Å². The number of hydrogen-bond acceptors (Lipinski definition) is 5. The summed E-state index contributed by atoms with van der Waals surface area (Å²) >= 11 is 0. The first-order valence-corrected chi connectivity index (χ1v) is 12.8. The van der Waals surface area contributed by atoms with Crippen LogP contribution in [-0.4, -0.2) is 45.9 Å². The quantitative estimate of drug-likeness (QED) is 0.399. The van der Waals surface area contributed by atoms with Gasteiger partial charge in [-0.15, -0.1) is 0 Å². The molecular weight excluding hydrogens is 448 g/mol. The third-order valence-electron chi connectivity index (χ3n) is 7.50. The molecule has 5 heteroatoms. The van der Waals surface area contributed by atoms with Gasteiger partial charge in [0.25, 0.3) is 0 Å². The minimum atomic E-state index is -0.181. The van der Waals surface area contributed by atoms with E-state index < -0.39 is 0 Å². The number of carbonyl (C=O) groups is 1. The highest BCUT2D eigenvalue weighted by Gasteiger charge is 2.44. The molecule has 3 unspecified atom stereocenters. The van der Waals surface area contributed by atoms with E-state index in [1.54, 1.807) is 7.11 Å². The summed E-state index contributed by atoms with van der Waals surface area (Å²) < 4.78 is 10.9. The van der Waals surface area contributed by atoms with E-state index in [1.807, 2.05) is 0 Å². The lowest BCUT2D eigenvalue weighted by Gasteiger charge is -2.39. The Bertz CT molecular complexity index is 1090. The first kappa shape index (κ1) is 25.8. The zero-order chi connectivity index (χ0) is 25.7. The molecule has 1 aliphatic heterocycles. The Morgan fingerprint density at radius 2 is 1.56 bits per heavy atom. The lowest BCUT2D eigenvalue weighted by Crippen LogP contribution is -2.48. The van der Waals surface area contributed by atoms with Gasteiger partial charge in [0.05, 0.1) is 26.3 Å². The van der Waals surface area contributed by atoms with Crippen LogP contribution >= 0.6 is 0 Å². The molecule has 36 heavy (non-hydrogen) atoms. The molecule has 0 radical (unpaired) electrons. The molecule has 0 bridgehead atoms. The number of nitrogens with zero attached hydrogens (tertiary/aromatic N) is 1. The standard InChI is InChI=1S/C31H38N2O3/c1-21(2)24-16-17-27(35-4)26(18-24)33(3)31-25(19-28(34)36-5)20-32-30(31)29(22-12-8-6-9-13-22)23-14-10-7-11-15-23/h6-18,21,25,29-32H,19-20H2,1-5H3. The van der Waals surface area contributed by atoms with Crippen LogP contribution in [0.25, 0.3) is 0 Å². The third-order valence-corrected chi connectivity index (χ3v) is 7.50. The normalized spacial score (nSPS) is 19.5. The van der Waals surface area contributed by atoms with E-state index >= 15 is 0 Å². The van der Waals surface area contributed by atoms with E-state index in [1.165, 1.54) is 23.8 Å². The number of esters is 1. The predicted molar refractivity (Wildman–Crippen MR) is 146 cm³/mol. The van der Waals surface area contributed by atoms with Gasteiger partial charge < -0.3 is 19.7 Å². The molecule has 0 spiro atoms. The summed E-state index contributed by atoms with van der Waals surface area (Å²) in [5.74, 6) is 1.24. The number of carbonyl (C=O) groups excluding carboxylic acids is 1. The topological polar surface area (TPSA) is 50.8 Å². The van der Waals surface area contributed by atoms with Gasteiger partial charge in [0.1, 0.15) is 5.75 Å². The number of benzene rings is 3. The molecular formula is C31H38N2O3. The first-order chi connectivity index (χ1) is 17.4. The molecule has 0 aliphatic carbocycles. The Balaban J connectivity index is 1.82. The van der Waals surface area contributed by atoms with Crippen molar-refractivity contribution in [2.45, 2.75) is 44.2 Å². The van der Waals surface area contributed by atoms with Crippen LogP contribution in [0.4, 0.5) is 5.69 Å². The Morgan fingerprint density at radius 3 is 2.08 bits per heavy atom. The monoisotopic (exact) mass is 486 g/mol. The number of hydrogen-bond donors (Lipinski definition) is 1. The summed E-state index contributed by atoms with van der Waals surface area (Å²) in [6, 6.07) is 27.8. The van der Waals surface area contributed by atoms with E-state index in [2.05, 4.69) is 110 Å². The molecule has 4 rings (SSSR count). The van der Waals surface area contributed by atoms with Gasteiger partial charge in [0, 0.05) is 37.5 Å². The molecule has 5 nitrogen and oxygen atoms in total. The number of anilines is 1. The highest BCUT2D eigenvalue weighted by atomic mass is 16.5. The number of methoxy groups -OCH3 is 2. The summed E-state index contributed by atoms with van der Waals surface area (Å²) in [5, 5.41) is 3.82. The largest absolute Gasteiger partial charge is 0.495 e. The van der Waals surface area contributed by atoms with Crippen molar-refractivity contribution in [3.05, 3.63) is 95.6 Å². The zero-order valence-electron chi connectivity index (χ0n) is 22.0. The van der Waals surface area contributed by atoms with Gasteiger partial charge >= 0.3 is 5.97 Å².